The number of hydrogen-bond acceptors (Lipinski definition) is 6. The van der Waals surface area contributed by atoms with Crippen LogP contribution in [0.2, 0.25) is 0 Å². The molecule has 29 heavy (non-hydrogen) atoms. The van der Waals surface area contributed by atoms with Crippen molar-refractivity contribution < 1.29 is 8.78 Å². The van der Waals surface area contributed by atoms with Crippen LogP contribution in [0.25, 0.3) is 0 Å². The summed E-state index contributed by atoms with van der Waals surface area (Å²) in [5.74, 6) is 0.0567. The van der Waals surface area contributed by atoms with Gasteiger partial charge >= 0.3 is 0 Å². The van der Waals surface area contributed by atoms with Crippen LogP contribution in [0, 0.1) is 18.7 Å². The molecule has 0 aliphatic rings. The number of hydrogen-bond donors (Lipinski definition) is 3. The molecule has 2 rings (SSSR count). The van der Waals surface area contributed by atoms with E-state index in [0.29, 0.717) is 31.4 Å². The van der Waals surface area contributed by atoms with E-state index in [4.69, 9.17) is 5.73 Å². The molecule has 6 nitrogen and oxygen atoms in total. The number of halogens is 2. The quantitative estimate of drug-likeness (QED) is 0.439. The van der Waals surface area contributed by atoms with Gasteiger partial charge in [-0.2, -0.15) is 15.0 Å². The SMILES string of the molecule is C#C.C=C/C(F)=C\C=C(/C)CNc1nc(N)nc(NCCc2ccc(F)cc2)n1. The van der Waals surface area contributed by atoms with E-state index in [1.54, 1.807) is 18.2 Å². The predicted molar refractivity (Wildman–Crippen MR) is 114 cm³/mol. The molecule has 1 aromatic carbocycles. The molecule has 0 amide bonds. The zero-order valence-electron chi connectivity index (χ0n) is 16.2. The molecule has 0 atom stereocenters. The van der Waals surface area contributed by atoms with Crippen LogP contribution in [0.4, 0.5) is 26.6 Å². The van der Waals surface area contributed by atoms with Gasteiger partial charge in [-0.05, 0) is 43.2 Å². The van der Waals surface area contributed by atoms with Gasteiger partial charge < -0.3 is 16.4 Å². The topological polar surface area (TPSA) is 88.8 Å². The minimum atomic E-state index is -0.411. The lowest BCUT2D eigenvalue weighted by Gasteiger charge is -2.09. The lowest BCUT2D eigenvalue weighted by molar-refractivity contribution is 0.627. The van der Waals surface area contributed by atoms with Gasteiger partial charge in [-0.15, -0.1) is 12.8 Å². The minimum absolute atomic E-state index is 0.0796. The Bertz CT molecular complexity index is 872. The molecule has 0 fully saturated rings. The first-order valence-electron chi connectivity index (χ1n) is 8.68. The molecule has 0 bridgehead atoms. The van der Waals surface area contributed by atoms with E-state index in [9.17, 15) is 8.78 Å². The Balaban J connectivity index is 0.00000204. The van der Waals surface area contributed by atoms with Crippen molar-refractivity contribution in [2.24, 2.45) is 0 Å². The number of benzene rings is 1. The summed E-state index contributed by atoms with van der Waals surface area (Å²) in [5, 5.41) is 6.08. The van der Waals surface area contributed by atoms with E-state index in [1.807, 2.05) is 6.92 Å². The van der Waals surface area contributed by atoms with Crippen LogP contribution in [-0.4, -0.2) is 28.0 Å². The third kappa shape index (κ3) is 9.15. The summed E-state index contributed by atoms with van der Waals surface area (Å²) in [6, 6.07) is 6.30. The normalized spacial score (nSPS) is 11.2. The van der Waals surface area contributed by atoms with Crippen molar-refractivity contribution in [1.82, 2.24) is 15.0 Å². The van der Waals surface area contributed by atoms with Gasteiger partial charge in [-0.25, -0.2) is 8.78 Å². The van der Waals surface area contributed by atoms with Crippen LogP contribution in [0.1, 0.15) is 12.5 Å². The number of allylic oxidation sites excluding steroid dienone is 4. The second-order valence-electron chi connectivity index (χ2n) is 5.77. The standard InChI is InChI=1S/C19H22F2N6.C2H2/c1-3-15(20)7-4-13(2)12-24-19-26-17(22)25-18(27-19)23-11-10-14-5-8-16(21)9-6-14;1-2/h3-9H,1,10-12H2,2H3,(H4,22,23,24,25,26,27);1-2H/b13-4+,15-7+;. The van der Waals surface area contributed by atoms with Gasteiger partial charge in [0.25, 0.3) is 0 Å². The summed E-state index contributed by atoms with van der Waals surface area (Å²) in [7, 11) is 0. The van der Waals surface area contributed by atoms with Gasteiger partial charge in [-0.1, -0.05) is 30.4 Å². The Morgan fingerprint density at radius 1 is 1.10 bits per heavy atom. The van der Waals surface area contributed by atoms with Crippen LogP contribution >= 0.6 is 0 Å². The third-order valence-electron chi connectivity index (χ3n) is 3.51. The van der Waals surface area contributed by atoms with E-state index in [0.717, 1.165) is 17.2 Å². The molecular weight excluding hydrogens is 374 g/mol. The van der Waals surface area contributed by atoms with Gasteiger partial charge in [0.15, 0.2) is 0 Å². The molecule has 0 unspecified atom stereocenters. The Morgan fingerprint density at radius 3 is 2.34 bits per heavy atom. The average molecular weight is 398 g/mol. The highest BCUT2D eigenvalue weighted by Crippen LogP contribution is 2.09. The molecule has 4 N–H and O–H groups in total. The largest absolute Gasteiger partial charge is 0.368 e. The monoisotopic (exact) mass is 398 g/mol. The van der Waals surface area contributed by atoms with Crippen molar-refractivity contribution in [2.45, 2.75) is 13.3 Å². The number of rotatable bonds is 9. The number of terminal acetylenes is 1. The Hall–Kier alpha value is -3.73. The first-order chi connectivity index (χ1) is 14.0. The second kappa shape index (κ2) is 12.6. The van der Waals surface area contributed by atoms with Gasteiger partial charge in [0.2, 0.25) is 17.8 Å². The first kappa shape index (κ1) is 23.3. The molecule has 0 saturated carbocycles. The van der Waals surface area contributed by atoms with Gasteiger partial charge in [0, 0.05) is 13.1 Å². The van der Waals surface area contributed by atoms with Crippen molar-refractivity contribution in [3.8, 4) is 12.8 Å². The third-order valence-corrected chi connectivity index (χ3v) is 3.51. The zero-order chi connectivity index (χ0) is 21.6. The summed E-state index contributed by atoms with van der Waals surface area (Å²) in [6.07, 6.45) is 12.8. The molecule has 0 aliphatic heterocycles. The molecule has 1 heterocycles. The lowest BCUT2D eigenvalue weighted by Crippen LogP contribution is -2.13. The maximum absolute atomic E-state index is 13.0. The summed E-state index contributed by atoms with van der Waals surface area (Å²) in [4.78, 5) is 12.3. The van der Waals surface area contributed by atoms with Crippen LogP contribution < -0.4 is 16.4 Å². The van der Waals surface area contributed by atoms with Gasteiger partial charge in [0.05, 0.1) is 0 Å². The Kier molecular flexibility index (Phi) is 10.1. The molecule has 2 aromatic rings. The molecule has 0 spiro atoms. The maximum atomic E-state index is 13.0. The summed E-state index contributed by atoms with van der Waals surface area (Å²) in [5.41, 5.74) is 7.58. The van der Waals surface area contributed by atoms with E-state index in [2.05, 4.69) is 45.0 Å². The van der Waals surface area contributed by atoms with E-state index < -0.39 is 5.83 Å². The minimum Gasteiger partial charge on any atom is -0.368 e. The number of aromatic nitrogens is 3. The average Bonchev–Trinajstić information content (AvgIpc) is 2.73. The molecule has 0 aliphatic carbocycles. The van der Waals surface area contributed by atoms with Crippen molar-refractivity contribution in [1.29, 1.82) is 0 Å². The van der Waals surface area contributed by atoms with Crippen LogP contribution in [-0.2, 0) is 6.42 Å². The smallest absolute Gasteiger partial charge is 0.229 e. The molecule has 1 aromatic heterocycles. The van der Waals surface area contributed by atoms with Crippen LogP contribution in [0.5, 0.6) is 0 Å². The Labute approximate surface area is 169 Å². The fourth-order valence-electron chi connectivity index (χ4n) is 2.09. The highest BCUT2D eigenvalue weighted by molar-refractivity contribution is 5.41. The zero-order valence-corrected chi connectivity index (χ0v) is 16.2. The summed E-state index contributed by atoms with van der Waals surface area (Å²) in [6.45, 7) is 6.16. The van der Waals surface area contributed by atoms with Crippen molar-refractivity contribution in [2.75, 3.05) is 29.5 Å². The number of anilines is 3. The summed E-state index contributed by atoms with van der Waals surface area (Å²) < 4.78 is 25.9. The van der Waals surface area contributed by atoms with Crippen LogP contribution in [0.3, 0.4) is 0 Å². The lowest BCUT2D eigenvalue weighted by atomic mass is 10.1. The summed E-state index contributed by atoms with van der Waals surface area (Å²) >= 11 is 0. The first-order valence-corrected chi connectivity index (χ1v) is 8.68. The number of nitrogens with one attached hydrogen (secondary N) is 2. The Morgan fingerprint density at radius 2 is 1.72 bits per heavy atom. The van der Waals surface area contributed by atoms with Crippen molar-refractivity contribution >= 4 is 17.8 Å². The van der Waals surface area contributed by atoms with E-state index in [-0.39, 0.29) is 11.8 Å². The van der Waals surface area contributed by atoms with Crippen molar-refractivity contribution in [3.63, 3.8) is 0 Å². The predicted octanol–water partition coefficient (Wildman–Crippen LogP) is 3.89. The van der Waals surface area contributed by atoms with Gasteiger partial charge in [0.1, 0.15) is 11.6 Å². The number of nitrogens with zero attached hydrogens (tertiary/aromatic N) is 3. The number of nitrogen functional groups attached to an aromatic ring is 1. The highest BCUT2D eigenvalue weighted by atomic mass is 19.1. The fraction of sp³-hybridized carbons (Fsp3) is 0.190. The van der Waals surface area contributed by atoms with Crippen LogP contribution in [0.15, 0.2) is 60.5 Å². The molecule has 152 valence electrons. The highest BCUT2D eigenvalue weighted by Gasteiger charge is 2.04. The van der Waals surface area contributed by atoms with E-state index >= 15 is 0 Å². The maximum Gasteiger partial charge on any atom is 0.229 e. The second-order valence-corrected chi connectivity index (χ2v) is 5.77. The molecule has 0 radical (unpaired) electrons. The molecule has 0 saturated heterocycles. The fourth-order valence-corrected chi connectivity index (χ4v) is 2.09. The molecule has 8 heteroatoms. The van der Waals surface area contributed by atoms with Crippen molar-refractivity contribution in [3.05, 3.63) is 71.9 Å². The molecular formula is C21H24F2N6. The number of nitrogens with two attached hydrogens (primary N) is 1. The van der Waals surface area contributed by atoms with Gasteiger partial charge in [-0.3, -0.25) is 0 Å². The van der Waals surface area contributed by atoms with E-state index in [1.165, 1.54) is 18.2 Å².